The number of carbonyl (C=O) groups excluding carboxylic acids is 1. The van der Waals surface area contributed by atoms with E-state index in [9.17, 15) is 4.79 Å². The Morgan fingerprint density at radius 3 is 2.72 bits per heavy atom. The van der Waals surface area contributed by atoms with Crippen molar-refractivity contribution >= 4 is 34.3 Å². The van der Waals surface area contributed by atoms with Crippen molar-refractivity contribution < 1.29 is 4.79 Å². The average Bonchev–Trinajstić information content (AvgIpc) is 2.37. The summed E-state index contributed by atoms with van der Waals surface area (Å²) in [6, 6.07) is 7.82. The first-order valence-corrected chi connectivity index (χ1v) is 6.61. The summed E-state index contributed by atoms with van der Waals surface area (Å²) in [5.41, 5.74) is 0.884. The molecule has 0 fully saturated rings. The lowest BCUT2D eigenvalue weighted by Gasteiger charge is -2.09. The van der Waals surface area contributed by atoms with Crippen LogP contribution in [-0.2, 0) is 4.79 Å². The van der Waals surface area contributed by atoms with Gasteiger partial charge in [-0.3, -0.25) is 4.79 Å². The van der Waals surface area contributed by atoms with E-state index in [1.807, 2.05) is 38.2 Å². The summed E-state index contributed by atoms with van der Waals surface area (Å²) in [6.07, 6.45) is 0. The van der Waals surface area contributed by atoms with Crippen LogP contribution in [0.4, 0.5) is 5.82 Å². The summed E-state index contributed by atoms with van der Waals surface area (Å²) in [5, 5.41) is 4.55. The number of fused-ring (bicyclic) bond motifs is 1. The van der Waals surface area contributed by atoms with Gasteiger partial charge in [-0.2, -0.15) is 0 Å². The second-order valence-electron chi connectivity index (χ2n) is 3.99. The third kappa shape index (κ3) is 2.61. The minimum Gasteiger partial charge on any atom is -0.372 e. The molecule has 0 saturated heterocycles. The average molecular weight is 261 g/mol. The SMILES string of the molecule is CNc1nc(S[C@@H](C)C(C)=O)nc2ccccc12. The molecule has 18 heavy (non-hydrogen) atoms. The maximum absolute atomic E-state index is 11.3. The molecule has 0 aliphatic carbocycles. The number of thioether (sulfide) groups is 1. The molecular weight excluding hydrogens is 246 g/mol. The Hall–Kier alpha value is -1.62. The Bertz CT molecular complexity index is 585. The topological polar surface area (TPSA) is 54.9 Å². The lowest BCUT2D eigenvalue weighted by atomic mass is 10.2. The predicted octanol–water partition coefficient (Wildman–Crippen LogP) is 2.74. The van der Waals surface area contributed by atoms with Gasteiger partial charge in [-0.25, -0.2) is 9.97 Å². The minimum absolute atomic E-state index is 0.128. The highest BCUT2D eigenvalue weighted by atomic mass is 32.2. The zero-order chi connectivity index (χ0) is 13.1. The number of para-hydroxylation sites is 1. The van der Waals surface area contributed by atoms with Crippen LogP contribution in [0.15, 0.2) is 29.4 Å². The second kappa shape index (κ2) is 5.35. The van der Waals surface area contributed by atoms with E-state index in [2.05, 4.69) is 15.3 Å². The van der Waals surface area contributed by atoms with Crippen LogP contribution in [-0.4, -0.2) is 28.0 Å². The van der Waals surface area contributed by atoms with Crippen molar-refractivity contribution in [2.45, 2.75) is 24.3 Å². The van der Waals surface area contributed by atoms with E-state index >= 15 is 0 Å². The lowest BCUT2D eigenvalue weighted by molar-refractivity contribution is -0.116. The van der Waals surface area contributed by atoms with E-state index in [0.29, 0.717) is 5.16 Å². The molecule has 0 spiro atoms. The van der Waals surface area contributed by atoms with Gasteiger partial charge >= 0.3 is 0 Å². The second-order valence-corrected chi connectivity index (χ2v) is 5.30. The van der Waals surface area contributed by atoms with Gasteiger partial charge in [0.25, 0.3) is 0 Å². The van der Waals surface area contributed by atoms with Crippen molar-refractivity contribution in [3.05, 3.63) is 24.3 Å². The Labute approximate surface area is 110 Å². The molecule has 2 rings (SSSR count). The van der Waals surface area contributed by atoms with Crippen LogP contribution in [0.1, 0.15) is 13.8 Å². The van der Waals surface area contributed by atoms with Crippen LogP contribution >= 0.6 is 11.8 Å². The largest absolute Gasteiger partial charge is 0.372 e. The number of ketones is 1. The normalized spacial score (nSPS) is 12.4. The zero-order valence-corrected chi connectivity index (χ0v) is 11.4. The maximum atomic E-state index is 11.3. The standard InChI is InChI=1S/C13H15N3OS/c1-8(17)9(2)18-13-15-11-7-5-4-6-10(11)12(14-3)16-13/h4-7,9H,1-3H3,(H,14,15,16)/t9-/m0/s1. The summed E-state index contributed by atoms with van der Waals surface area (Å²) >= 11 is 1.38. The number of benzene rings is 1. The molecule has 0 saturated carbocycles. The molecule has 1 heterocycles. The van der Waals surface area contributed by atoms with E-state index in [0.717, 1.165) is 16.7 Å². The van der Waals surface area contributed by atoms with Crippen LogP contribution in [0.25, 0.3) is 10.9 Å². The van der Waals surface area contributed by atoms with E-state index in [1.54, 1.807) is 6.92 Å². The number of anilines is 1. The van der Waals surface area contributed by atoms with Gasteiger partial charge in [-0.1, -0.05) is 23.9 Å². The maximum Gasteiger partial charge on any atom is 0.190 e. The summed E-state index contributed by atoms with van der Waals surface area (Å²) in [4.78, 5) is 20.2. The highest BCUT2D eigenvalue weighted by Gasteiger charge is 2.13. The Morgan fingerprint density at radius 2 is 2.06 bits per heavy atom. The van der Waals surface area contributed by atoms with Crippen molar-refractivity contribution in [1.29, 1.82) is 0 Å². The number of aromatic nitrogens is 2. The van der Waals surface area contributed by atoms with Crippen LogP contribution in [0.3, 0.4) is 0 Å². The summed E-state index contributed by atoms with van der Waals surface area (Å²) < 4.78 is 0. The molecular formula is C13H15N3OS. The van der Waals surface area contributed by atoms with Gasteiger partial charge in [-0.05, 0) is 26.0 Å². The van der Waals surface area contributed by atoms with Crippen LogP contribution in [0.2, 0.25) is 0 Å². The van der Waals surface area contributed by atoms with Gasteiger partial charge < -0.3 is 5.32 Å². The molecule has 1 aromatic heterocycles. The van der Waals surface area contributed by atoms with Crippen molar-refractivity contribution in [3.8, 4) is 0 Å². The van der Waals surface area contributed by atoms with Crippen LogP contribution in [0.5, 0.6) is 0 Å². The molecule has 1 atom stereocenters. The van der Waals surface area contributed by atoms with Gasteiger partial charge in [-0.15, -0.1) is 0 Å². The number of hydrogen-bond donors (Lipinski definition) is 1. The number of rotatable bonds is 4. The van der Waals surface area contributed by atoms with E-state index in [4.69, 9.17) is 0 Å². The van der Waals surface area contributed by atoms with E-state index in [1.165, 1.54) is 11.8 Å². The first-order valence-electron chi connectivity index (χ1n) is 5.73. The number of nitrogens with one attached hydrogen (secondary N) is 1. The molecule has 4 nitrogen and oxygen atoms in total. The van der Waals surface area contributed by atoms with Crippen LogP contribution in [0, 0.1) is 0 Å². The quantitative estimate of drug-likeness (QED) is 0.677. The molecule has 0 radical (unpaired) electrons. The van der Waals surface area contributed by atoms with Gasteiger partial charge in [0.1, 0.15) is 11.6 Å². The van der Waals surface area contributed by atoms with Gasteiger partial charge in [0.05, 0.1) is 10.8 Å². The summed E-state index contributed by atoms with van der Waals surface area (Å²) in [7, 11) is 1.83. The molecule has 94 valence electrons. The molecule has 2 aromatic rings. The molecule has 1 N–H and O–H groups in total. The molecule has 0 unspecified atom stereocenters. The molecule has 0 amide bonds. The fourth-order valence-corrected chi connectivity index (χ4v) is 2.32. The van der Waals surface area contributed by atoms with Crippen LogP contribution < -0.4 is 5.32 Å². The highest BCUT2D eigenvalue weighted by Crippen LogP contribution is 2.26. The third-order valence-corrected chi connectivity index (χ3v) is 3.75. The fraction of sp³-hybridized carbons (Fsp3) is 0.308. The monoisotopic (exact) mass is 261 g/mol. The number of carbonyl (C=O) groups is 1. The number of nitrogens with zero attached hydrogens (tertiary/aromatic N) is 2. The van der Waals surface area contributed by atoms with Crippen molar-refractivity contribution in [1.82, 2.24) is 9.97 Å². The van der Waals surface area contributed by atoms with E-state index in [-0.39, 0.29) is 11.0 Å². The molecule has 0 aliphatic rings. The molecule has 0 aliphatic heterocycles. The third-order valence-electron chi connectivity index (χ3n) is 2.67. The summed E-state index contributed by atoms with van der Waals surface area (Å²) in [6.45, 7) is 3.45. The predicted molar refractivity (Wildman–Crippen MR) is 75.1 cm³/mol. The first kappa shape index (κ1) is 12.8. The zero-order valence-electron chi connectivity index (χ0n) is 10.6. The Morgan fingerprint density at radius 1 is 1.33 bits per heavy atom. The highest BCUT2D eigenvalue weighted by molar-refractivity contribution is 8.00. The minimum atomic E-state index is -0.129. The van der Waals surface area contributed by atoms with Gasteiger partial charge in [0.2, 0.25) is 0 Å². The Balaban J connectivity index is 2.44. The molecule has 1 aromatic carbocycles. The van der Waals surface area contributed by atoms with Crippen molar-refractivity contribution in [3.63, 3.8) is 0 Å². The van der Waals surface area contributed by atoms with Crippen molar-refractivity contribution in [2.24, 2.45) is 0 Å². The lowest BCUT2D eigenvalue weighted by Crippen LogP contribution is -2.09. The molecule has 0 bridgehead atoms. The van der Waals surface area contributed by atoms with Gasteiger partial charge in [0.15, 0.2) is 5.16 Å². The van der Waals surface area contributed by atoms with Gasteiger partial charge in [0, 0.05) is 12.4 Å². The molecule has 5 heteroatoms. The smallest absolute Gasteiger partial charge is 0.190 e. The fourth-order valence-electron chi connectivity index (χ4n) is 1.54. The van der Waals surface area contributed by atoms with E-state index < -0.39 is 0 Å². The van der Waals surface area contributed by atoms with Crippen molar-refractivity contribution in [2.75, 3.05) is 12.4 Å². The first-order chi connectivity index (χ1) is 8.61. The Kier molecular flexibility index (Phi) is 3.81. The summed E-state index contributed by atoms with van der Waals surface area (Å²) in [5.74, 6) is 0.918. The number of Topliss-reactive ketones (excluding diaryl/α,β-unsaturated/α-hetero) is 1. The number of hydrogen-bond acceptors (Lipinski definition) is 5.